The summed E-state index contributed by atoms with van der Waals surface area (Å²) >= 11 is 0. The molecule has 2 rings (SSSR count). The highest BCUT2D eigenvalue weighted by Crippen LogP contribution is 2.45. The maximum Gasteiger partial charge on any atom is 0.122 e. The number of para-hydroxylation sites is 1. The van der Waals surface area contributed by atoms with Gasteiger partial charge in [-0.3, -0.25) is 0 Å². The fourth-order valence-electron chi connectivity index (χ4n) is 1.73. The van der Waals surface area contributed by atoms with E-state index in [1.54, 1.807) is 13.8 Å². The molecule has 0 unspecified atom stereocenters. The minimum Gasteiger partial charge on any atom is -0.507 e. The van der Waals surface area contributed by atoms with Crippen LogP contribution in [0.2, 0.25) is 0 Å². The largest absolute Gasteiger partial charge is 0.507 e. The van der Waals surface area contributed by atoms with Crippen LogP contribution < -0.4 is 0 Å². The van der Waals surface area contributed by atoms with Gasteiger partial charge in [-0.2, -0.15) is 0 Å². The van der Waals surface area contributed by atoms with Crippen molar-refractivity contribution in [2.75, 3.05) is 0 Å². The maximum absolute atomic E-state index is 10.5. The van der Waals surface area contributed by atoms with Gasteiger partial charge in [0.2, 0.25) is 0 Å². The first kappa shape index (κ1) is 5.38. The molecule has 0 aliphatic heterocycles. The Morgan fingerprint density at radius 3 is 2.80 bits per heavy atom. The third-order valence-corrected chi connectivity index (χ3v) is 2.88. The Morgan fingerprint density at radius 1 is 1.53 bits per heavy atom. The van der Waals surface area contributed by atoms with Crippen molar-refractivity contribution < 1.29 is 13.3 Å². The number of hydrogen-bond donors (Lipinski definition) is 1. The SMILES string of the molecule is [2H]c1cc(C([2H])(C)C)c(O)c([C@@H](C2CC2)C([2H])([2H])[2H])c1[2H]. The molecule has 0 heterocycles. The van der Waals surface area contributed by atoms with Crippen molar-refractivity contribution in [3.05, 3.63) is 29.3 Å². The van der Waals surface area contributed by atoms with Gasteiger partial charge in [0, 0.05) is 5.48 Å². The summed E-state index contributed by atoms with van der Waals surface area (Å²) in [7, 11) is 0. The van der Waals surface area contributed by atoms with E-state index < -0.39 is 18.7 Å². The molecule has 0 bridgehead atoms. The average molecular weight is 210 g/mol. The first-order valence-corrected chi connectivity index (χ1v) is 5.28. The topological polar surface area (TPSA) is 20.2 Å². The molecule has 1 fully saturated rings. The zero-order chi connectivity index (χ0) is 16.2. The number of benzene rings is 1. The molecule has 0 aromatic heterocycles. The molecule has 1 aliphatic rings. The van der Waals surface area contributed by atoms with Crippen molar-refractivity contribution in [1.82, 2.24) is 0 Å². The maximum atomic E-state index is 10.5. The number of aromatic hydroxyl groups is 1. The van der Waals surface area contributed by atoms with Crippen molar-refractivity contribution in [1.29, 1.82) is 0 Å². The second-order valence-corrected chi connectivity index (χ2v) is 4.40. The summed E-state index contributed by atoms with van der Waals surface area (Å²) in [6.07, 6.45) is 1.51. The van der Waals surface area contributed by atoms with Crippen LogP contribution in [-0.2, 0) is 0 Å². The lowest BCUT2D eigenvalue weighted by molar-refractivity contribution is 0.448. The van der Waals surface area contributed by atoms with Gasteiger partial charge in [-0.25, -0.2) is 0 Å². The van der Waals surface area contributed by atoms with Crippen LogP contribution in [0.1, 0.15) is 64.7 Å². The monoisotopic (exact) mass is 210 g/mol. The van der Waals surface area contributed by atoms with Gasteiger partial charge >= 0.3 is 0 Å². The molecule has 1 heteroatoms. The molecule has 0 saturated heterocycles. The first-order chi connectivity index (χ1) is 9.44. The molecule has 1 aromatic carbocycles. The Labute approximate surface area is 101 Å². The van der Waals surface area contributed by atoms with Crippen molar-refractivity contribution in [2.45, 2.75) is 45.4 Å². The quantitative estimate of drug-likeness (QED) is 0.798. The molecular formula is C14H20O. The standard InChI is InChI=1S/C14H20O/c1-9(2)12-5-4-6-13(14(12)15)10(3)11-7-8-11/h4-6,9-11,15H,7-8H2,1-3H3/t10-/m1/s1/i3D3,4D,6D,9D. The second-order valence-electron chi connectivity index (χ2n) is 4.40. The Balaban J connectivity index is 2.69. The van der Waals surface area contributed by atoms with E-state index >= 15 is 0 Å². The summed E-state index contributed by atoms with van der Waals surface area (Å²) in [4.78, 5) is 0. The van der Waals surface area contributed by atoms with Gasteiger partial charge in [0.25, 0.3) is 0 Å². The highest BCUT2D eigenvalue weighted by molar-refractivity contribution is 5.44. The predicted molar refractivity (Wildman–Crippen MR) is 63.3 cm³/mol. The third kappa shape index (κ3) is 2.01. The Hall–Kier alpha value is -0.980. The van der Waals surface area contributed by atoms with Crippen LogP contribution in [0.4, 0.5) is 0 Å². The van der Waals surface area contributed by atoms with E-state index in [9.17, 15) is 5.11 Å². The molecule has 1 nitrogen and oxygen atoms in total. The minimum atomic E-state index is -2.33. The zero-order valence-electron chi connectivity index (χ0n) is 15.1. The number of phenolic OH excluding ortho intramolecular Hbond substituents is 1. The van der Waals surface area contributed by atoms with Crippen molar-refractivity contribution in [3.8, 4) is 5.75 Å². The molecule has 0 spiro atoms. The lowest BCUT2D eigenvalue weighted by atomic mass is 9.90. The van der Waals surface area contributed by atoms with E-state index in [0.29, 0.717) is 0 Å². The fraction of sp³-hybridized carbons (Fsp3) is 0.571. The average Bonchev–Trinajstić information content (AvgIpc) is 3.09. The highest BCUT2D eigenvalue weighted by Gasteiger charge is 2.30. The summed E-state index contributed by atoms with van der Waals surface area (Å²) in [6, 6.07) is 0.902. The van der Waals surface area contributed by atoms with E-state index in [-0.39, 0.29) is 34.9 Å². The second kappa shape index (κ2) is 3.88. The third-order valence-electron chi connectivity index (χ3n) is 2.88. The normalized spacial score (nSPS) is 25.5. The summed E-state index contributed by atoms with van der Waals surface area (Å²) < 4.78 is 47.1. The van der Waals surface area contributed by atoms with Crippen LogP contribution in [0.15, 0.2) is 18.2 Å². The minimum absolute atomic E-state index is 0.0142. The van der Waals surface area contributed by atoms with Gasteiger partial charge in [0.05, 0.1) is 2.74 Å². The summed E-state index contributed by atoms with van der Waals surface area (Å²) in [5.41, 5.74) is 0.216. The number of phenols is 1. The molecule has 1 N–H and O–H groups in total. The van der Waals surface area contributed by atoms with Crippen molar-refractivity contribution in [3.63, 3.8) is 0 Å². The van der Waals surface area contributed by atoms with E-state index in [2.05, 4.69) is 0 Å². The van der Waals surface area contributed by atoms with Crippen LogP contribution in [0.5, 0.6) is 5.75 Å². The lowest BCUT2D eigenvalue weighted by Crippen LogP contribution is -1.99. The number of hydrogen-bond acceptors (Lipinski definition) is 1. The van der Waals surface area contributed by atoms with Crippen LogP contribution >= 0.6 is 0 Å². The van der Waals surface area contributed by atoms with Gasteiger partial charge in [-0.1, -0.05) is 38.9 Å². The Morgan fingerprint density at radius 2 is 2.27 bits per heavy atom. The first-order valence-electron chi connectivity index (χ1n) is 8.28. The lowest BCUT2D eigenvalue weighted by Gasteiger charge is -2.16. The zero-order valence-corrected chi connectivity index (χ0v) is 9.09. The van der Waals surface area contributed by atoms with Gasteiger partial charge in [-0.05, 0) is 41.7 Å². The summed E-state index contributed by atoms with van der Waals surface area (Å²) in [6.45, 7) is 0.804. The molecule has 82 valence electrons. The molecule has 1 atom stereocenters. The summed E-state index contributed by atoms with van der Waals surface area (Å²) in [5, 5.41) is 10.5. The van der Waals surface area contributed by atoms with Crippen LogP contribution in [0.3, 0.4) is 0 Å². The highest BCUT2D eigenvalue weighted by atomic mass is 16.3. The fourth-order valence-corrected chi connectivity index (χ4v) is 1.73. The van der Waals surface area contributed by atoms with Crippen LogP contribution in [0.25, 0.3) is 0 Å². The molecule has 15 heavy (non-hydrogen) atoms. The molecule has 1 saturated carbocycles. The predicted octanol–water partition coefficient (Wildman–Crippen LogP) is 4.03. The van der Waals surface area contributed by atoms with E-state index in [0.717, 1.165) is 12.8 Å². The van der Waals surface area contributed by atoms with Gasteiger partial charge in [0.15, 0.2) is 0 Å². The number of rotatable bonds is 3. The Bertz CT molecular complexity index is 554. The summed E-state index contributed by atoms with van der Waals surface area (Å²) in [5.74, 6) is -2.48. The van der Waals surface area contributed by atoms with Crippen molar-refractivity contribution in [2.24, 2.45) is 5.92 Å². The molecule has 0 radical (unpaired) electrons. The molecular weight excluding hydrogens is 184 g/mol. The molecule has 0 amide bonds. The van der Waals surface area contributed by atoms with Gasteiger partial charge in [0.1, 0.15) is 5.75 Å². The van der Waals surface area contributed by atoms with Crippen LogP contribution in [-0.4, -0.2) is 5.11 Å². The van der Waals surface area contributed by atoms with Crippen LogP contribution in [0, 0.1) is 5.92 Å². The van der Waals surface area contributed by atoms with E-state index in [1.165, 1.54) is 6.07 Å². The smallest absolute Gasteiger partial charge is 0.122 e. The van der Waals surface area contributed by atoms with E-state index in [4.69, 9.17) is 8.22 Å². The Kier molecular flexibility index (Phi) is 1.39. The van der Waals surface area contributed by atoms with Gasteiger partial charge < -0.3 is 5.11 Å². The van der Waals surface area contributed by atoms with E-state index in [1.807, 2.05) is 0 Å². The molecule has 1 aliphatic carbocycles. The van der Waals surface area contributed by atoms with Crippen molar-refractivity contribution >= 4 is 0 Å². The molecule has 1 aromatic rings. The van der Waals surface area contributed by atoms with Gasteiger partial charge in [-0.15, -0.1) is 0 Å².